The van der Waals surface area contributed by atoms with Crippen LogP contribution in [0.25, 0.3) is 9.69 Å². The van der Waals surface area contributed by atoms with Gasteiger partial charge in [-0.25, -0.2) is 22.7 Å². The molecule has 0 saturated carbocycles. The van der Waals surface area contributed by atoms with Crippen LogP contribution >= 0.6 is 18.5 Å². The molecule has 2 aromatic rings. The summed E-state index contributed by atoms with van der Waals surface area (Å²) in [6, 6.07) is 7.82. The summed E-state index contributed by atoms with van der Waals surface area (Å²) in [4.78, 5) is 29.4. The Labute approximate surface area is 491 Å². The summed E-state index contributed by atoms with van der Waals surface area (Å²) in [5, 5.41) is 9.61. The SMILES string of the molecule is C[C@H]1CC(O)[C@@H](COC(=O)Oc2cccc(C(F)(F)F)c2)O1.[C-]#[N+]CCOP.[C-]#[N+]CCOPOC1C[C@H](C)O[C@@H]1COC(=O)Oc1cccc(C(F)(F)F)c1.[CH2-]CC.[CH2-]CC.[CH2-]CC.[CH2-]CC.[CH2-]CC.[CH2-]CC.[Ni+2].[Ni+2].[Ni+2]. The summed E-state index contributed by atoms with van der Waals surface area (Å²) < 4.78 is 121. The summed E-state index contributed by atoms with van der Waals surface area (Å²) >= 11 is 0. The van der Waals surface area contributed by atoms with Crippen LogP contribution in [0.5, 0.6) is 11.5 Å². The molecule has 4 rings (SSSR count). The van der Waals surface area contributed by atoms with Crippen molar-refractivity contribution in [1.82, 2.24) is 0 Å². The minimum absolute atomic E-state index is 0. The molecule has 0 aromatic heterocycles. The first-order valence-electron chi connectivity index (χ1n) is 23.7. The quantitative estimate of drug-likeness (QED) is 0.0387. The Bertz CT molecular complexity index is 1710. The van der Waals surface area contributed by atoms with Crippen LogP contribution in [-0.2, 0) is 94.3 Å². The molecule has 2 aliphatic rings. The van der Waals surface area contributed by atoms with Crippen LogP contribution in [0, 0.1) is 54.7 Å². The number of aliphatic hydroxyl groups excluding tert-OH is 1. The van der Waals surface area contributed by atoms with Crippen LogP contribution in [0.15, 0.2) is 48.5 Å². The van der Waals surface area contributed by atoms with Gasteiger partial charge in [-0.1, -0.05) is 53.7 Å². The van der Waals surface area contributed by atoms with E-state index in [-0.39, 0.29) is 115 Å². The Morgan fingerprint density at radius 3 is 1.34 bits per heavy atom. The normalized spacial score (nSPS) is 17.2. The molecule has 2 saturated heterocycles. The first kappa shape index (κ1) is 91.1. The zero-order valence-corrected chi connectivity index (χ0v) is 50.5. The standard InChI is InChI=1S/C17H19F3NO6P.C14H15F3O5.C3H6NOP.6C3H7.3Ni/c1-11-8-14(27-28-24-7-6-21-2)15(25-11)10-23-16(22)26-13-5-3-4-12(9-13)17(18,19)20;1-8-5-11(18)12(21-8)7-20-13(19)22-10-4-2-3-9(6-10)14(15,16)17;1-4-2-3-5-6;6*1-3-2;;;/h3-5,9,11,14-15,28H,6-8,10H2,1H3;2-4,6,8,11-12,18H,5,7H2,1H3;2-3,6H2;6*1,3H2,2H3;;;/q;;;6*-1;3*+2/t11-,14?,15+;8-,11?,12+;;;;;;;;;;/m00........../s1. The molecule has 0 radical (unpaired) electrons. The maximum absolute atomic E-state index is 12.7. The summed E-state index contributed by atoms with van der Waals surface area (Å²) in [6.07, 6.45) is -6.99. The number of hydrogen-bond acceptors (Lipinski definition) is 12. The van der Waals surface area contributed by atoms with Gasteiger partial charge in [0.25, 0.3) is 0 Å². The Balaban J connectivity index is -0.000000143. The number of carbonyl (C=O) groups excluding carboxylic acids is 2. The van der Waals surface area contributed by atoms with Crippen LogP contribution in [0.1, 0.15) is 118 Å². The van der Waals surface area contributed by atoms with Crippen LogP contribution in [0.4, 0.5) is 35.9 Å². The van der Waals surface area contributed by atoms with Crippen molar-refractivity contribution in [3.8, 4) is 11.5 Å². The molecule has 454 valence electrons. The van der Waals surface area contributed by atoms with Crippen LogP contribution in [-0.4, -0.2) is 93.6 Å². The summed E-state index contributed by atoms with van der Waals surface area (Å²) in [5.41, 5.74) is -1.86. The van der Waals surface area contributed by atoms with Crippen molar-refractivity contribution in [1.29, 1.82) is 0 Å². The van der Waals surface area contributed by atoms with E-state index in [0.717, 1.165) is 62.8 Å². The van der Waals surface area contributed by atoms with E-state index in [9.17, 15) is 41.0 Å². The molecule has 77 heavy (non-hydrogen) atoms. The zero-order valence-electron chi connectivity index (χ0n) is 45.4. The molecule has 2 aliphatic heterocycles. The van der Waals surface area contributed by atoms with Crippen molar-refractivity contribution in [2.24, 2.45) is 0 Å². The largest absolute Gasteiger partial charge is 2.00 e. The zero-order chi connectivity index (χ0) is 58.0. The van der Waals surface area contributed by atoms with Crippen molar-refractivity contribution >= 4 is 30.8 Å². The minimum Gasteiger partial charge on any atom is -0.431 e. The molecular formula is C52H82F6N2Ni3O12P2. The first-order chi connectivity index (χ1) is 34.9. The van der Waals surface area contributed by atoms with Gasteiger partial charge >= 0.3 is 74.1 Å². The number of carbonyl (C=O) groups is 2. The van der Waals surface area contributed by atoms with Gasteiger partial charge in [-0.15, -0.1) is 0 Å². The molecule has 25 heteroatoms. The number of ether oxygens (including phenoxy) is 6. The average Bonchev–Trinajstić information content (AvgIpc) is 3.86. The van der Waals surface area contributed by atoms with E-state index >= 15 is 0 Å². The number of nitrogens with zero attached hydrogens (tertiary/aromatic N) is 2. The van der Waals surface area contributed by atoms with Crippen LogP contribution in [0.2, 0.25) is 0 Å². The van der Waals surface area contributed by atoms with E-state index in [4.69, 9.17) is 45.9 Å². The predicted molar refractivity (Wildman–Crippen MR) is 282 cm³/mol. The Morgan fingerprint density at radius 2 is 1.01 bits per heavy atom. The number of rotatable bonds is 13. The Morgan fingerprint density at radius 1 is 0.662 bits per heavy atom. The third-order valence-corrected chi connectivity index (χ3v) is 8.09. The number of halogens is 6. The van der Waals surface area contributed by atoms with Crippen molar-refractivity contribution < 1.29 is 133 Å². The molecule has 2 fully saturated rings. The molecular weight excluding hydrogens is 1200 g/mol. The fraction of sp³-hybridized carbons (Fsp3) is 0.577. The fourth-order valence-corrected chi connectivity index (χ4v) is 5.35. The third kappa shape index (κ3) is 56.7. The van der Waals surface area contributed by atoms with Gasteiger partial charge in [0.15, 0.2) is 9.03 Å². The molecule has 14 nitrogen and oxygen atoms in total. The second-order valence-electron chi connectivity index (χ2n) is 14.6. The predicted octanol–water partition coefficient (Wildman–Crippen LogP) is 15.1. The van der Waals surface area contributed by atoms with Crippen LogP contribution in [0.3, 0.4) is 0 Å². The van der Waals surface area contributed by atoms with E-state index in [1.165, 1.54) is 12.1 Å². The van der Waals surface area contributed by atoms with E-state index in [2.05, 4.69) is 70.0 Å². The molecule has 2 aromatic carbocycles. The fourth-order valence-electron chi connectivity index (χ4n) is 4.63. The topological polar surface area (TPSA) is 146 Å². The molecule has 2 heterocycles. The smallest absolute Gasteiger partial charge is 0.431 e. The average molecular weight is 1280 g/mol. The van der Waals surface area contributed by atoms with E-state index < -0.39 is 54.1 Å². The van der Waals surface area contributed by atoms with E-state index in [0.29, 0.717) is 38.1 Å². The van der Waals surface area contributed by atoms with Gasteiger partial charge in [-0.2, -0.15) is 64.9 Å². The maximum atomic E-state index is 12.7. The summed E-state index contributed by atoms with van der Waals surface area (Å²) in [6.45, 7) is 50.6. The van der Waals surface area contributed by atoms with Gasteiger partial charge < -0.3 is 98.3 Å². The van der Waals surface area contributed by atoms with Gasteiger partial charge in [0.05, 0.1) is 35.5 Å². The second-order valence-corrected chi connectivity index (χ2v) is 15.6. The summed E-state index contributed by atoms with van der Waals surface area (Å²) in [5.74, 6) is -0.552. The molecule has 1 N–H and O–H groups in total. The number of benzene rings is 2. The second kappa shape index (κ2) is 61.3. The Hall–Kier alpha value is -2.36. The van der Waals surface area contributed by atoms with Gasteiger partial charge in [-0.05, 0) is 50.2 Å². The molecule has 4 unspecified atom stereocenters. The maximum Gasteiger partial charge on any atom is 2.00 e. The van der Waals surface area contributed by atoms with Crippen molar-refractivity contribution in [2.75, 3.05) is 39.5 Å². The molecule has 0 aliphatic carbocycles. The molecule has 0 spiro atoms. The first-order valence-corrected chi connectivity index (χ1v) is 25.0. The number of hydrogen-bond donors (Lipinski definition) is 1. The minimum atomic E-state index is -4.54. The number of aliphatic hydroxyl groups is 1. The van der Waals surface area contributed by atoms with Crippen molar-refractivity contribution in [2.45, 2.75) is 156 Å². The molecule has 0 amide bonds. The Kier molecular flexibility index (Phi) is 72.5. The van der Waals surface area contributed by atoms with Gasteiger partial charge in [-0.3, -0.25) is 0 Å². The van der Waals surface area contributed by atoms with Crippen molar-refractivity contribution in [3.63, 3.8) is 0 Å². The molecule has 8 atom stereocenters. The van der Waals surface area contributed by atoms with E-state index in [1.807, 2.05) is 48.5 Å². The van der Waals surface area contributed by atoms with Gasteiger partial charge in [0, 0.05) is 22.3 Å². The third-order valence-electron chi connectivity index (χ3n) is 7.14. The van der Waals surface area contributed by atoms with E-state index in [1.54, 1.807) is 6.92 Å². The van der Waals surface area contributed by atoms with Gasteiger partial charge in [0.2, 0.25) is 13.1 Å². The van der Waals surface area contributed by atoms with Gasteiger partial charge in [0.1, 0.15) is 50.1 Å². The van der Waals surface area contributed by atoms with Crippen LogP contribution < -0.4 is 9.47 Å². The molecule has 0 bridgehead atoms. The van der Waals surface area contributed by atoms with Crippen molar-refractivity contribution in [3.05, 3.63) is 124 Å². The monoisotopic (exact) mass is 1280 g/mol. The number of alkyl halides is 6. The summed E-state index contributed by atoms with van der Waals surface area (Å²) in [7, 11) is 1.81.